The number of nitrogens with two attached hydrogens (primary N) is 1. The van der Waals surface area contributed by atoms with E-state index in [9.17, 15) is 0 Å². The number of rotatable bonds is 2. The smallest absolute Gasteiger partial charge is 0.230 e. The van der Waals surface area contributed by atoms with Crippen molar-refractivity contribution in [3.05, 3.63) is 42.6 Å². The van der Waals surface area contributed by atoms with Crippen LogP contribution >= 0.6 is 66.4 Å². The number of hydrogen-bond donors (Lipinski definition) is 1. The molecule has 0 bridgehead atoms. The zero-order valence-corrected chi connectivity index (χ0v) is 15.7. The fourth-order valence-electron chi connectivity index (χ4n) is 1.89. The van der Waals surface area contributed by atoms with E-state index in [1.54, 1.807) is 18.2 Å². The lowest BCUT2D eigenvalue weighted by Crippen LogP contribution is -1.88. The Bertz CT molecular complexity index is 812. The van der Waals surface area contributed by atoms with E-state index in [1.165, 1.54) is 11.3 Å². The predicted octanol–water partition coefficient (Wildman–Crippen LogP) is 6.48. The molecule has 0 fully saturated rings. The van der Waals surface area contributed by atoms with Gasteiger partial charge in [0.05, 0.1) is 19.2 Å². The summed E-state index contributed by atoms with van der Waals surface area (Å²) in [4.78, 5) is 0.912. The maximum absolute atomic E-state index is 6.26. The molecule has 2 heterocycles. The van der Waals surface area contributed by atoms with Crippen molar-refractivity contribution in [2.75, 3.05) is 5.73 Å². The molecule has 0 radical (unpaired) electrons. The molecule has 1 aromatic carbocycles. The molecule has 2 aromatic heterocycles. The van der Waals surface area contributed by atoms with Gasteiger partial charge < -0.3 is 10.3 Å². The molecule has 0 atom stereocenters. The minimum atomic E-state index is 0.217. The van der Waals surface area contributed by atoms with E-state index in [1.807, 2.05) is 6.07 Å². The first-order valence-corrected chi connectivity index (χ1v) is 8.79. The molecule has 0 unspecified atom stereocenters. The van der Waals surface area contributed by atoms with Crippen molar-refractivity contribution in [2.45, 2.75) is 0 Å². The van der Waals surface area contributed by atoms with E-state index in [4.69, 9.17) is 33.5 Å². The van der Waals surface area contributed by atoms with E-state index in [-0.39, 0.29) is 5.88 Å². The van der Waals surface area contributed by atoms with E-state index >= 15 is 0 Å². The van der Waals surface area contributed by atoms with Gasteiger partial charge in [0.1, 0.15) is 5.69 Å². The monoisotopic (exact) mass is 466 g/mol. The first kappa shape index (κ1) is 15.4. The maximum Gasteiger partial charge on any atom is 0.230 e. The Balaban J connectivity index is 2.21. The van der Waals surface area contributed by atoms with Gasteiger partial charge >= 0.3 is 0 Å². The molecule has 3 rings (SSSR count). The zero-order valence-electron chi connectivity index (χ0n) is 10.2. The normalized spacial score (nSPS) is 11.0. The Morgan fingerprint density at radius 1 is 1.19 bits per heavy atom. The third kappa shape index (κ3) is 2.87. The van der Waals surface area contributed by atoms with Crippen LogP contribution in [0.25, 0.3) is 21.7 Å². The Morgan fingerprint density at radius 3 is 2.57 bits per heavy atom. The van der Waals surface area contributed by atoms with E-state index in [0.29, 0.717) is 21.3 Å². The molecular formula is C13H6Br2Cl2N2OS. The molecule has 0 aliphatic carbocycles. The van der Waals surface area contributed by atoms with Crippen LogP contribution in [0.5, 0.6) is 0 Å². The molecule has 108 valence electrons. The second-order valence-corrected chi connectivity index (χ2v) is 8.19. The van der Waals surface area contributed by atoms with Crippen LogP contribution in [0, 0.1) is 0 Å². The van der Waals surface area contributed by atoms with Gasteiger partial charge in [-0.3, -0.25) is 0 Å². The topological polar surface area (TPSA) is 52.0 Å². The van der Waals surface area contributed by atoms with E-state index in [2.05, 4.69) is 37.0 Å². The highest BCUT2D eigenvalue weighted by Crippen LogP contribution is 2.45. The Morgan fingerprint density at radius 2 is 1.95 bits per heavy atom. The Hall–Kier alpha value is -0.530. The first-order chi connectivity index (χ1) is 9.97. The lowest BCUT2D eigenvalue weighted by atomic mass is 10.0. The molecule has 0 saturated heterocycles. The van der Waals surface area contributed by atoms with Gasteiger partial charge in [-0.2, -0.15) is 0 Å². The van der Waals surface area contributed by atoms with Crippen LogP contribution in [0.1, 0.15) is 0 Å². The van der Waals surface area contributed by atoms with Crippen molar-refractivity contribution in [1.29, 1.82) is 0 Å². The molecule has 0 saturated carbocycles. The highest BCUT2D eigenvalue weighted by molar-refractivity contribution is 9.13. The highest BCUT2D eigenvalue weighted by atomic mass is 79.9. The summed E-state index contributed by atoms with van der Waals surface area (Å²) < 4.78 is 7.06. The fourth-order valence-corrected chi connectivity index (χ4v) is 4.41. The molecule has 8 heteroatoms. The van der Waals surface area contributed by atoms with Crippen LogP contribution in [0.2, 0.25) is 10.0 Å². The van der Waals surface area contributed by atoms with Crippen LogP contribution in [-0.4, -0.2) is 5.16 Å². The number of hydrogen-bond acceptors (Lipinski definition) is 4. The Labute approximate surface area is 151 Å². The van der Waals surface area contributed by atoms with Crippen LogP contribution in [-0.2, 0) is 0 Å². The number of anilines is 1. The summed E-state index contributed by atoms with van der Waals surface area (Å²) in [6.07, 6.45) is 0. The van der Waals surface area contributed by atoms with Crippen molar-refractivity contribution >= 4 is 72.3 Å². The number of aromatic nitrogens is 1. The number of halogens is 4. The van der Waals surface area contributed by atoms with Crippen LogP contribution in [0.3, 0.4) is 0 Å². The van der Waals surface area contributed by atoms with Crippen LogP contribution in [0.4, 0.5) is 5.88 Å². The van der Waals surface area contributed by atoms with Gasteiger partial charge in [-0.1, -0.05) is 34.4 Å². The van der Waals surface area contributed by atoms with Gasteiger partial charge in [0.25, 0.3) is 0 Å². The van der Waals surface area contributed by atoms with Crippen LogP contribution < -0.4 is 5.73 Å². The van der Waals surface area contributed by atoms with Crippen molar-refractivity contribution in [1.82, 2.24) is 5.16 Å². The zero-order chi connectivity index (χ0) is 15.1. The average Bonchev–Trinajstić information content (AvgIpc) is 2.94. The molecule has 0 amide bonds. The summed E-state index contributed by atoms with van der Waals surface area (Å²) in [5.74, 6) is 0.217. The molecule has 0 aliphatic rings. The fraction of sp³-hybridized carbons (Fsp3) is 0. The van der Waals surface area contributed by atoms with Gasteiger partial charge in [-0.05, 0) is 50.1 Å². The number of thiophene rings is 1. The van der Waals surface area contributed by atoms with Crippen molar-refractivity contribution < 1.29 is 4.52 Å². The summed E-state index contributed by atoms with van der Waals surface area (Å²) >= 11 is 20.6. The summed E-state index contributed by atoms with van der Waals surface area (Å²) in [6, 6.07) is 7.16. The third-order valence-corrected chi connectivity index (χ3v) is 6.61. The minimum absolute atomic E-state index is 0.217. The summed E-state index contributed by atoms with van der Waals surface area (Å²) in [5, 5.41) is 5.11. The maximum atomic E-state index is 6.26. The van der Waals surface area contributed by atoms with Gasteiger partial charge in [-0.25, -0.2) is 0 Å². The molecule has 0 spiro atoms. The molecular weight excluding hydrogens is 463 g/mol. The highest BCUT2D eigenvalue weighted by Gasteiger charge is 2.21. The molecule has 3 nitrogen and oxygen atoms in total. The Kier molecular flexibility index (Phi) is 4.34. The minimum Gasteiger partial charge on any atom is -0.367 e. The molecule has 21 heavy (non-hydrogen) atoms. The summed E-state index contributed by atoms with van der Waals surface area (Å²) in [6.45, 7) is 0. The van der Waals surface area contributed by atoms with E-state index < -0.39 is 0 Å². The van der Waals surface area contributed by atoms with Crippen molar-refractivity contribution in [2.24, 2.45) is 0 Å². The van der Waals surface area contributed by atoms with Gasteiger partial charge in [-0.15, -0.1) is 11.3 Å². The standard InChI is InChI=1S/C13H6Br2Cl2N2OS/c14-7-4-9(21-12(7)15)11-10(13(18)20-19-11)6-2-1-5(16)3-8(6)17/h1-4H,18H2. The lowest BCUT2D eigenvalue weighted by Gasteiger charge is -2.04. The average molecular weight is 469 g/mol. The second-order valence-electron chi connectivity index (χ2n) is 4.13. The van der Waals surface area contributed by atoms with Crippen molar-refractivity contribution in [3.63, 3.8) is 0 Å². The lowest BCUT2D eigenvalue weighted by molar-refractivity contribution is 0.439. The summed E-state index contributed by atoms with van der Waals surface area (Å²) in [7, 11) is 0. The molecule has 3 aromatic rings. The van der Waals surface area contributed by atoms with E-state index in [0.717, 1.165) is 18.7 Å². The predicted molar refractivity (Wildman–Crippen MR) is 95.1 cm³/mol. The molecule has 2 N–H and O–H groups in total. The SMILES string of the molecule is Nc1onc(-c2cc(Br)c(Br)s2)c1-c1ccc(Cl)cc1Cl. The summed E-state index contributed by atoms with van der Waals surface area (Å²) in [5.41, 5.74) is 7.97. The van der Waals surface area contributed by atoms with Gasteiger partial charge in [0.2, 0.25) is 5.88 Å². The van der Waals surface area contributed by atoms with Gasteiger partial charge in [0, 0.05) is 15.1 Å². The third-order valence-electron chi connectivity index (χ3n) is 2.80. The first-order valence-electron chi connectivity index (χ1n) is 5.63. The number of nitrogen functional groups attached to an aromatic ring is 1. The van der Waals surface area contributed by atoms with Gasteiger partial charge in [0.15, 0.2) is 0 Å². The largest absolute Gasteiger partial charge is 0.367 e. The molecule has 0 aliphatic heterocycles. The van der Waals surface area contributed by atoms with Crippen molar-refractivity contribution in [3.8, 4) is 21.7 Å². The second kappa shape index (κ2) is 5.93. The quantitative estimate of drug-likeness (QED) is 0.468. The number of nitrogens with zero attached hydrogens (tertiary/aromatic N) is 1. The van der Waals surface area contributed by atoms with Crippen LogP contribution in [0.15, 0.2) is 37.0 Å². The number of benzene rings is 1.